The van der Waals surface area contributed by atoms with Crippen molar-refractivity contribution in [2.24, 2.45) is 5.14 Å². The molecule has 2 aromatic rings. The summed E-state index contributed by atoms with van der Waals surface area (Å²) in [6.07, 6.45) is 6.24. The number of rotatable bonds is 4. The quantitative estimate of drug-likeness (QED) is 0.836. The van der Waals surface area contributed by atoms with Gasteiger partial charge in [0.25, 0.3) is 0 Å². The molecule has 0 aliphatic heterocycles. The number of pyridine rings is 1. The van der Waals surface area contributed by atoms with Crippen molar-refractivity contribution in [2.75, 3.05) is 5.32 Å². The number of anilines is 1. The van der Waals surface area contributed by atoms with Crippen molar-refractivity contribution in [1.82, 2.24) is 4.98 Å². The van der Waals surface area contributed by atoms with Crippen molar-refractivity contribution < 1.29 is 13.2 Å². The first-order valence-corrected chi connectivity index (χ1v) is 8.35. The number of carbonyl (C=O) groups is 1. The van der Waals surface area contributed by atoms with Crippen LogP contribution in [0.3, 0.4) is 0 Å². The van der Waals surface area contributed by atoms with Gasteiger partial charge in [-0.3, -0.25) is 9.78 Å². The molecule has 0 saturated heterocycles. The summed E-state index contributed by atoms with van der Waals surface area (Å²) >= 11 is 0. The Morgan fingerprint density at radius 2 is 2.04 bits per heavy atom. The maximum absolute atomic E-state index is 12.0. The molecule has 0 fully saturated rings. The molecule has 120 valence electrons. The van der Waals surface area contributed by atoms with Crippen molar-refractivity contribution >= 4 is 27.7 Å². The predicted molar refractivity (Wildman–Crippen MR) is 89.2 cm³/mol. The Bertz CT molecular complexity index is 860. The lowest BCUT2D eigenvalue weighted by atomic mass is 10.1. The number of nitrogens with zero attached hydrogens (tertiary/aromatic N) is 1. The van der Waals surface area contributed by atoms with Gasteiger partial charge in [0.15, 0.2) is 0 Å². The number of carbonyl (C=O) groups excluding carboxylic acids is 1. The molecule has 1 aromatic carbocycles. The molecule has 0 bridgehead atoms. The van der Waals surface area contributed by atoms with Gasteiger partial charge < -0.3 is 5.32 Å². The van der Waals surface area contributed by atoms with Crippen LogP contribution in [0.5, 0.6) is 0 Å². The largest absolute Gasteiger partial charge is 0.322 e. The van der Waals surface area contributed by atoms with Gasteiger partial charge in [-0.2, -0.15) is 0 Å². The molecule has 23 heavy (non-hydrogen) atoms. The van der Waals surface area contributed by atoms with Crippen LogP contribution < -0.4 is 10.5 Å². The average molecular weight is 331 g/mol. The Balaban J connectivity index is 2.24. The molecule has 1 aromatic heterocycles. The zero-order chi connectivity index (χ0) is 17.0. The highest BCUT2D eigenvalue weighted by atomic mass is 32.2. The van der Waals surface area contributed by atoms with E-state index in [1.807, 2.05) is 6.07 Å². The number of sulfonamides is 1. The number of aryl methyl sites for hydroxylation is 1. The predicted octanol–water partition coefficient (Wildman–Crippen LogP) is 2.00. The van der Waals surface area contributed by atoms with Crippen LogP contribution >= 0.6 is 0 Å². The normalized spacial score (nSPS) is 11.6. The first-order valence-electron chi connectivity index (χ1n) is 6.80. The second kappa shape index (κ2) is 6.72. The van der Waals surface area contributed by atoms with Crippen molar-refractivity contribution in [3.05, 3.63) is 59.4 Å². The second-order valence-electron chi connectivity index (χ2n) is 5.07. The van der Waals surface area contributed by atoms with Crippen LogP contribution in [-0.2, 0) is 14.8 Å². The van der Waals surface area contributed by atoms with Gasteiger partial charge in [0, 0.05) is 24.2 Å². The van der Waals surface area contributed by atoms with Gasteiger partial charge in [-0.15, -0.1) is 0 Å². The van der Waals surface area contributed by atoms with Crippen molar-refractivity contribution in [3.63, 3.8) is 0 Å². The molecule has 1 heterocycles. The number of nitrogens with two attached hydrogens (primary N) is 1. The van der Waals surface area contributed by atoms with E-state index in [9.17, 15) is 13.2 Å². The van der Waals surface area contributed by atoms with E-state index in [1.54, 1.807) is 38.4 Å². The highest BCUT2D eigenvalue weighted by molar-refractivity contribution is 7.89. The lowest BCUT2D eigenvalue weighted by molar-refractivity contribution is -0.111. The summed E-state index contributed by atoms with van der Waals surface area (Å²) in [7, 11) is -3.83. The van der Waals surface area contributed by atoms with Crippen LogP contribution in [0.4, 0.5) is 5.69 Å². The van der Waals surface area contributed by atoms with Gasteiger partial charge in [0.05, 0.1) is 4.90 Å². The van der Waals surface area contributed by atoms with Crippen molar-refractivity contribution in [1.29, 1.82) is 0 Å². The molecule has 0 spiro atoms. The number of primary sulfonamides is 1. The lowest BCUT2D eigenvalue weighted by Gasteiger charge is -2.11. The Morgan fingerprint density at radius 3 is 2.65 bits per heavy atom. The van der Waals surface area contributed by atoms with Gasteiger partial charge in [-0.1, -0.05) is 6.07 Å². The Kier molecular flexibility index (Phi) is 4.92. The average Bonchev–Trinajstić information content (AvgIpc) is 2.49. The molecule has 7 heteroatoms. The van der Waals surface area contributed by atoms with Crippen LogP contribution in [0.15, 0.2) is 47.6 Å². The zero-order valence-corrected chi connectivity index (χ0v) is 13.6. The fraction of sp³-hybridized carbons (Fsp3) is 0.125. The van der Waals surface area contributed by atoms with Gasteiger partial charge >= 0.3 is 0 Å². The van der Waals surface area contributed by atoms with E-state index in [0.717, 1.165) is 16.7 Å². The SMILES string of the molecule is Cc1cc(S(N)(=O)=O)cc(NC(=O)C=Cc2cccnc2)c1C. The maximum atomic E-state index is 12.0. The number of amides is 1. The van der Waals surface area contributed by atoms with Crippen LogP contribution in [0, 0.1) is 13.8 Å². The maximum Gasteiger partial charge on any atom is 0.248 e. The van der Waals surface area contributed by atoms with Gasteiger partial charge in [-0.05, 0) is 54.8 Å². The number of hydrogen-bond donors (Lipinski definition) is 2. The third-order valence-electron chi connectivity index (χ3n) is 3.34. The third-order valence-corrected chi connectivity index (χ3v) is 4.23. The summed E-state index contributed by atoms with van der Waals surface area (Å²) < 4.78 is 23.0. The molecule has 6 nitrogen and oxygen atoms in total. The molecule has 0 unspecified atom stereocenters. The number of benzene rings is 1. The van der Waals surface area contributed by atoms with Gasteiger partial charge in [0.1, 0.15) is 0 Å². The van der Waals surface area contributed by atoms with E-state index >= 15 is 0 Å². The molecular formula is C16H17N3O3S. The summed E-state index contributed by atoms with van der Waals surface area (Å²) in [5.41, 5.74) is 2.70. The molecule has 3 N–H and O–H groups in total. The smallest absolute Gasteiger partial charge is 0.248 e. The molecule has 0 saturated carbocycles. The van der Waals surface area contributed by atoms with Crippen LogP contribution in [0.25, 0.3) is 6.08 Å². The minimum Gasteiger partial charge on any atom is -0.322 e. The van der Waals surface area contributed by atoms with E-state index in [4.69, 9.17) is 5.14 Å². The van der Waals surface area contributed by atoms with E-state index in [2.05, 4.69) is 10.3 Å². The standard InChI is InChI=1S/C16H17N3O3S/c1-11-8-14(23(17,21)22)9-15(12(11)2)19-16(20)6-5-13-4-3-7-18-10-13/h3-10H,1-2H3,(H,19,20)(H2,17,21,22). The van der Waals surface area contributed by atoms with Crippen molar-refractivity contribution in [3.8, 4) is 0 Å². The molecule has 0 atom stereocenters. The first kappa shape index (κ1) is 16.9. The van der Waals surface area contributed by atoms with Crippen LogP contribution in [-0.4, -0.2) is 19.3 Å². The summed E-state index contributed by atoms with van der Waals surface area (Å²) in [6.45, 7) is 3.55. The molecule has 1 amide bonds. The molecule has 0 radical (unpaired) electrons. The van der Waals surface area contributed by atoms with E-state index in [1.165, 1.54) is 18.2 Å². The van der Waals surface area contributed by atoms with E-state index in [0.29, 0.717) is 5.69 Å². The summed E-state index contributed by atoms with van der Waals surface area (Å²) in [5, 5.41) is 7.82. The molecule has 0 aliphatic rings. The van der Waals surface area contributed by atoms with Gasteiger partial charge in [0.2, 0.25) is 15.9 Å². The highest BCUT2D eigenvalue weighted by Gasteiger charge is 2.13. The molecular weight excluding hydrogens is 314 g/mol. The number of nitrogens with one attached hydrogen (secondary N) is 1. The van der Waals surface area contributed by atoms with E-state index in [-0.39, 0.29) is 10.8 Å². The monoisotopic (exact) mass is 331 g/mol. The van der Waals surface area contributed by atoms with Crippen LogP contribution in [0.2, 0.25) is 0 Å². The fourth-order valence-electron chi connectivity index (χ4n) is 1.94. The van der Waals surface area contributed by atoms with Crippen molar-refractivity contribution in [2.45, 2.75) is 18.7 Å². The first-order chi connectivity index (χ1) is 10.8. The fourth-order valence-corrected chi connectivity index (χ4v) is 2.56. The second-order valence-corrected chi connectivity index (χ2v) is 6.63. The molecule has 0 aliphatic carbocycles. The Hall–Kier alpha value is -2.51. The zero-order valence-electron chi connectivity index (χ0n) is 12.8. The minimum atomic E-state index is -3.83. The lowest BCUT2D eigenvalue weighted by Crippen LogP contribution is -2.15. The topological polar surface area (TPSA) is 102 Å². The summed E-state index contributed by atoms with van der Waals surface area (Å²) in [5.74, 6) is -0.372. The third kappa shape index (κ3) is 4.48. The van der Waals surface area contributed by atoms with Crippen LogP contribution in [0.1, 0.15) is 16.7 Å². The summed E-state index contributed by atoms with van der Waals surface area (Å²) in [6, 6.07) is 6.41. The highest BCUT2D eigenvalue weighted by Crippen LogP contribution is 2.23. The summed E-state index contributed by atoms with van der Waals surface area (Å²) in [4.78, 5) is 15.9. The number of hydrogen-bond acceptors (Lipinski definition) is 4. The Morgan fingerprint density at radius 1 is 1.30 bits per heavy atom. The molecule has 2 rings (SSSR count). The minimum absolute atomic E-state index is 0.0351. The van der Waals surface area contributed by atoms with E-state index < -0.39 is 10.0 Å². The number of aromatic nitrogens is 1. The Labute approximate surface area is 135 Å². The van der Waals surface area contributed by atoms with Gasteiger partial charge in [-0.25, -0.2) is 13.6 Å².